The number of amides is 2. The highest BCUT2D eigenvalue weighted by Gasteiger charge is 2.28. The maximum atomic E-state index is 12.5. The van der Waals surface area contributed by atoms with E-state index in [1.807, 2.05) is 32.9 Å². The number of carbonyl (C=O) groups is 2. The van der Waals surface area contributed by atoms with Crippen LogP contribution in [0.2, 0.25) is 0 Å². The standard InChI is InChI=1S/C23H36N4O4/c1-16-14-27(15-17(2)30-16)20-7-6-19(13-24-20)25-21(28)12-18-8-10-26(11-9-18)22(29)31-23(3,4)5/h6-7,13,16-18H,8-12,14-15H2,1-5H3,(H,25,28). The Balaban J connectivity index is 1.43. The number of morpholine rings is 1. The molecule has 0 bridgehead atoms. The van der Waals surface area contributed by atoms with Crippen LogP contribution in [0.5, 0.6) is 0 Å². The quantitative estimate of drug-likeness (QED) is 0.782. The Morgan fingerprint density at radius 3 is 2.35 bits per heavy atom. The summed E-state index contributed by atoms with van der Waals surface area (Å²) in [5.74, 6) is 1.15. The molecule has 0 spiro atoms. The van der Waals surface area contributed by atoms with Gasteiger partial charge >= 0.3 is 6.09 Å². The minimum Gasteiger partial charge on any atom is -0.444 e. The third-order valence-corrected chi connectivity index (χ3v) is 5.52. The van der Waals surface area contributed by atoms with Gasteiger partial charge in [-0.2, -0.15) is 0 Å². The molecule has 0 radical (unpaired) electrons. The summed E-state index contributed by atoms with van der Waals surface area (Å²) in [5.41, 5.74) is 0.213. The molecule has 1 aromatic heterocycles. The first kappa shape index (κ1) is 23.3. The molecule has 2 unspecified atom stereocenters. The molecule has 0 saturated carbocycles. The normalized spacial score (nSPS) is 22.9. The van der Waals surface area contributed by atoms with Gasteiger partial charge in [-0.3, -0.25) is 4.79 Å². The largest absolute Gasteiger partial charge is 0.444 e. The average molecular weight is 433 g/mol. The fraction of sp³-hybridized carbons (Fsp3) is 0.696. The number of ether oxygens (including phenoxy) is 2. The summed E-state index contributed by atoms with van der Waals surface area (Å²) in [4.78, 5) is 33.1. The number of hydrogen-bond donors (Lipinski definition) is 1. The molecular weight excluding hydrogens is 396 g/mol. The first-order valence-electron chi connectivity index (χ1n) is 11.2. The Morgan fingerprint density at radius 1 is 1.16 bits per heavy atom. The summed E-state index contributed by atoms with van der Waals surface area (Å²) in [7, 11) is 0. The summed E-state index contributed by atoms with van der Waals surface area (Å²) >= 11 is 0. The number of pyridine rings is 1. The maximum Gasteiger partial charge on any atom is 0.410 e. The summed E-state index contributed by atoms with van der Waals surface area (Å²) in [6, 6.07) is 3.84. The topological polar surface area (TPSA) is 84.0 Å². The lowest BCUT2D eigenvalue weighted by molar-refractivity contribution is -0.117. The van der Waals surface area contributed by atoms with Crippen LogP contribution in [0.1, 0.15) is 53.9 Å². The lowest BCUT2D eigenvalue weighted by Gasteiger charge is -2.36. The van der Waals surface area contributed by atoms with Crippen LogP contribution < -0.4 is 10.2 Å². The molecule has 2 atom stereocenters. The number of carbonyl (C=O) groups excluding carboxylic acids is 2. The predicted octanol–water partition coefficient (Wildman–Crippen LogP) is 3.67. The number of likely N-dealkylation sites (tertiary alicyclic amines) is 1. The van der Waals surface area contributed by atoms with Gasteiger partial charge in [0.05, 0.1) is 24.1 Å². The Labute approximate surface area is 185 Å². The van der Waals surface area contributed by atoms with E-state index in [9.17, 15) is 9.59 Å². The van der Waals surface area contributed by atoms with E-state index >= 15 is 0 Å². The van der Waals surface area contributed by atoms with Gasteiger partial charge in [-0.05, 0) is 65.5 Å². The van der Waals surface area contributed by atoms with Crippen LogP contribution in [0.25, 0.3) is 0 Å². The number of nitrogens with zero attached hydrogens (tertiary/aromatic N) is 3. The molecule has 2 aliphatic rings. The predicted molar refractivity (Wildman–Crippen MR) is 120 cm³/mol. The van der Waals surface area contributed by atoms with Crippen molar-refractivity contribution < 1.29 is 19.1 Å². The average Bonchev–Trinajstić information content (AvgIpc) is 2.67. The molecule has 3 heterocycles. The van der Waals surface area contributed by atoms with Crippen LogP contribution in [0.3, 0.4) is 0 Å². The molecular formula is C23H36N4O4. The van der Waals surface area contributed by atoms with E-state index in [0.29, 0.717) is 25.2 Å². The van der Waals surface area contributed by atoms with E-state index in [4.69, 9.17) is 9.47 Å². The van der Waals surface area contributed by atoms with Gasteiger partial charge in [-0.1, -0.05) is 0 Å². The summed E-state index contributed by atoms with van der Waals surface area (Å²) < 4.78 is 11.2. The zero-order valence-electron chi connectivity index (χ0n) is 19.4. The molecule has 3 rings (SSSR count). The monoisotopic (exact) mass is 432 g/mol. The first-order valence-corrected chi connectivity index (χ1v) is 11.2. The van der Waals surface area contributed by atoms with E-state index in [0.717, 1.165) is 31.7 Å². The molecule has 0 aliphatic carbocycles. The van der Waals surface area contributed by atoms with E-state index < -0.39 is 5.60 Å². The first-order chi connectivity index (χ1) is 14.6. The van der Waals surface area contributed by atoms with Crippen molar-refractivity contribution in [2.75, 3.05) is 36.4 Å². The van der Waals surface area contributed by atoms with E-state index in [-0.39, 0.29) is 30.1 Å². The Morgan fingerprint density at radius 2 is 1.81 bits per heavy atom. The minimum absolute atomic E-state index is 0.0149. The molecule has 8 nitrogen and oxygen atoms in total. The highest BCUT2D eigenvalue weighted by molar-refractivity contribution is 5.90. The number of rotatable bonds is 4. The smallest absolute Gasteiger partial charge is 0.410 e. The molecule has 1 N–H and O–H groups in total. The zero-order valence-corrected chi connectivity index (χ0v) is 19.4. The van der Waals surface area contributed by atoms with Crippen LogP contribution in [0.4, 0.5) is 16.3 Å². The zero-order chi connectivity index (χ0) is 22.6. The highest BCUT2D eigenvalue weighted by Crippen LogP contribution is 2.24. The molecule has 2 saturated heterocycles. The molecule has 31 heavy (non-hydrogen) atoms. The third-order valence-electron chi connectivity index (χ3n) is 5.52. The summed E-state index contributed by atoms with van der Waals surface area (Å²) in [6.07, 6.45) is 3.84. The van der Waals surface area contributed by atoms with Gasteiger partial charge in [0, 0.05) is 32.6 Å². The summed E-state index contributed by atoms with van der Waals surface area (Å²) in [6.45, 7) is 12.6. The molecule has 8 heteroatoms. The maximum absolute atomic E-state index is 12.5. The lowest BCUT2D eigenvalue weighted by atomic mass is 9.93. The second kappa shape index (κ2) is 9.85. The fourth-order valence-electron chi connectivity index (χ4n) is 4.13. The van der Waals surface area contributed by atoms with Crippen molar-refractivity contribution in [2.45, 2.75) is 71.7 Å². The number of hydrogen-bond acceptors (Lipinski definition) is 6. The Kier molecular flexibility index (Phi) is 7.41. The van der Waals surface area contributed by atoms with Gasteiger partial charge in [0.15, 0.2) is 0 Å². The molecule has 172 valence electrons. The van der Waals surface area contributed by atoms with Crippen molar-refractivity contribution >= 4 is 23.5 Å². The van der Waals surface area contributed by atoms with E-state index in [2.05, 4.69) is 29.0 Å². The van der Waals surface area contributed by atoms with Crippen molar-refractivity contribution in [3.05, 3.63) is 18.3 Å². The number of piperidine rings is 1. The SMILES string of the molecule is CC1CN(c2ccc(NC(=O)CC3CCN(C(=O)OC(C)(C)C)CC3)cn2)CC(C)O1. The van der Waals surface area contributed by atoms with Crippen LogP contribution in [0.15, 0.2) is 18.3 Å². The Bertz CT molecular complexity index is 744. The van der Waals surface area contributed by atoms with Crippen molar-refractivity contribution in [3.8, 4) is 0 Å². The molecule has 2 aliphatic heterocycles. The second-order valence-corrected chi connectivity index (χ2v) is 9.73. The van der Waals surface area contributed by atoms with Crippen LogP contribution in [0, 0.1) is 5.92 Å². The van der Waals surface area contributed by atoms with Crippen LogP contribution in [-0.4, -0.2) is 65.9 Å². The number of aromatic nitrogens is 1. The van der Waals surface area contributed by atoms with Crippen molar-refractivity contribution in [1.82, 2.24) is 9.88 Å². The van der Waals surface area contributed by atoms with Crippen molar-refractivity contribution in [2.24, 2.45) is 5.92 Å². The molecule has 1 aromatic rings. The lowest BCUT2D eigenvalue weighted by Crippen LogP contribution is -2.45. The molecule has 2 amide bonds. The van der Waals surface area contributed by atoms with Gasteiger partial charge in [0.2, 0.25) is 5.91 Å². The van der Waals surface area contributed by atoms with Crippen LogP contribution >= 0.6 is 0 Å². The summed E-state index contributed by atoms with van der Waals surface area (Å²) in [5, 5.41) is 2.95. The fourth-order valence-corrected chi connectivity index (χ4v) is 4.13. The molecule has 2 fully saturated rings. The minimum atomic E-state index is -0.490. The number of anilines is 2. The van der Waals surface area contributed by atoms with Gasteiger partial charge in [0.25, 0.3) is 0 Å². The third kappa shape index (κ3) is 7.09. The van der Waals surface area contributed by atoms with Crippen LogP contribution in [-0.2, 0) is 14.3 Å². The highest BCUT2D eigenvalue weighted by atomic mass is 16.6. The number of nitrogens with one attached hydrogen (secondary N) is 1. The van der Waals surface area contributed by atoms with Gasteiger partial charge in [-0.15, -0.1) is 0 Å². The van der Waals surface area contributed by atoms with Gasteiger partial charge in [0.1, 0.15) is 11.4 Å². The van der Waals surface area contributed by atoms with Gasteiger partial charge < -0.3 is 24.6 Å². The van der Waals surface area contributed by atoms with E-state index in [1.165, 1.54) is 0 Å². The second-order valence-electron chi connectivity index (χ2n) is 9.73. The van der Waals surface area contributed by atoms with Crippen molar-refractivity contribution in [3.63, 3.8) is 0 Å². The van der Waals surface area contributed by atoms with Crippen molar-refractivity contribution in [1.29, 1.82) is 0 Å². The van der Waals surface area contributed by atoms with E-state index in [1.54, 1.807) is 11.1 Å². The Hall–Kier alpha value is -2.35. The van der Waals surface area contributed by atoms with Gasteiger partial charge in [-0.25, -0.2) is 9.78 Å². The molecule has 0 aromatic carbocycles.